The van der Waals surface area contributed by atoms with Crippen molar-refractivity contribution in [2.75, 3.05) is 17.3 Å². The van der Waals surface area contributed by atoms with Crippen molar-refractivity contribution >= 4 is 23.2 Å². The van der Waals surface area contributed by atoms with Crippen LogP contribution in [-0.4, -0.2) is 25.0 Å². The minimum absolute atomic E-state index is 0.0885. The zero-order valence-corrected chi connectivity index (χ0v) is 14.2. The standard InChI is InChI=1S/C19H20N2O3/c1-11-5-6-14(9-12(11)2)18(22)20-15-7-8-16-17(10-15)24-13(3)19(23)21(16)4/h5-10,13H,1-4H3,(H,20,22). The predicted octanol–water partition coefficient (Wildman–Crippen LogP) is 3.30. The van der Waals surface area contributed by atoms with E-state index in [1.165, 1.54) is 0 Å². The molecular weight excluding hydrogens is 304 g/mol. The zero-order valence-electron chi connectivity index (χ0n) is 14.2. The zero-order chi connectivity index (χ0) is 17.4. The fourth-order valence-electron chi connectivity index (χ4n) is 2.68. The van der Waals surface area contributed by atoms with Crippen molar-refractivity contribution in [2.45, 2.75) is 26.9 Å². The highest BCUT2D eigenvalue weighted by atomic mass is 16.5. The van der Waals surface area contributed by atoms with Gasteiger partial charge < -0.3 is 15.0 Å². The van der Waals surface area contributed by atoms with E-state index in [1.54, 1.807) is 43.1 Å². The third-order valence-corrected chi connectivity index (χ3v) is 4.33. The van der Waals surface area contributed by atoms with Gasteiger partial charge in [-0.2, -0.15) is 0 Å². The van der Waals surface area contributed by atoms with Crippen LogP contribution < -0.4 is 15.0 Å². The van der Waals surface area contributed by atoms with Crippen LogP contribution in [0.2, 0.25) is 0 Å². The van der Waals surface area contributed by atoms with Gasteiger partial charge in [0.1, 0.15) is 5.75 Å². The Morgan fingerprint density at radius 2 is 1.88 bits per heavy atom. The van der Waals surface area contributed by atoms with Crippen LogP contribution in [0.1, 0.15) is 28.4 Å². The van der Waals surface area contributed by atoms with Gasteiger partial charge in [-0.05, 0) is 56.2 Å². The first-order valence-electron chi connectivity index (χ1n) is 7.83. The van der Waals surface area contributed by atoms with Crippen molar-refractivity contribution in [1.29, 1.82) is 0 Å². The SMILES string of the molecule is Cc1ccc(C(=O)Nc2ccc3c(c2)OC(C)C(=O)N3C)cc1C. The monoisotopic (exact) mass is 324 g/mol. The molecule has 0 spiro atoms. The van der Waals surface area contributed by atoms with E-state index in [1.807, 2.05) is 26.0 Å². The number of amides is 2. The lowest BCUT2D eigenvalue weighted by Crippen LogP contribution is -2.41. The van der Waals surface area contributed by atoms with Gasteiger partial charge >= 0.3 is 0 Å². The van der Waals surface area contributed by atoms with Crippen LogP contribution in [0.25, 0.3) is 0 Å². The third-order valence-electron chi connectivity index (χ3n) is 4.33. The van der Waals surface area contributed by atoms with Crippen LogP contribution in [0.15, 0.2) is 36.4 Å². The normalized spacial score (nSPS) is 16.4. The molecule has 0 radical (unpaired) electrons. The first kappa shape index (κ1) is 16.1. The number of rotatable bonds is 2. The Bertz CT molecular complexity index is 829. The summed E-state index contributed by atoms with van der Waals surface area (Å²) in [6.07, 6.45) is -0.534. The number of hydrogen-bond donors (Lipinski definition) is 1. The number of hydrogen-bond acceptors (Lipinski definition) is 3. The van der Waals surface area contributed by atoms with E-state index in [0.717, 1.165) is 11.1 Å². The van der Waals surface area contributed by atoms with Crippen molar-refractivity contribution < 1.29 is 14.3 Å². The van der Waals surface area contributed by atoms with Crippen LogP contribution in [0.5, 0.6) is 5.75 Å². The van der Waals surface area contributed by atoms with Gasteiger partial charge in [-0.3, -0.25) is 9.59 Å². The Morgan fingerprint density at radius 1 is 1.12 bits per heavy atom. The summed E-state index contributed by atoms with van der Waals surface area (Å²) in [6.45, 7) is 5.70. The average Bonchev–Trinajstić information content (AvgIpc) is 2.55. The summed E-state index contributed by atoms with van der Waals surface area (Å²) in [5.74, 6) is 0.322. The lowest BCUT2D eigenvalue weighted by Gasteiger charge is -2.30. The molecule has 0 saturated heterocycles. The molecular formula is C19H20N2O3. The van der Waals surface area contributed by atoms with E-state index in [2.05, 4.69) is 5.32 Å². The maximum atomic E-state index is 12.4. The number of nitrogens with zero attached hydrogens (tertiary/aromatic N) is 1. The number of fused-ring (bicyclic) bond motifs is 1. The molecule has 0 bridgehead atoms. The van der Waals surface area contributed by atoms with Crippen LogP contribution in [-0.2, 0) is 4.79 Å². The van der Waals surface area contributed by atoms with E-state index in [0.29, 0.717) is 22.7 Å². The lowest BCUT2D eigenvalue weighted by atomic mass is 10.1. The Labute approximate surface area is 141 Å². The Morgan fingerprint density at radius 3 is 2.58 bits per heavy atom. The summed E-state index contributed by atoms with van der Waals surface area (Å²) in [6, 6.07) is 10.9. The molecule has 1 aliphatic rings. The van der Waals surface area contributed by atoms with Gasteiger partial charge in [0, 0.05) is 24.4 Å². The van der Waals surface area contributed by atoms with Gasteiger partial charge in [0.2, 0.25) is 0 Å². The molecule has 1 unspecified atom stereocenters. The molecule has 5 heteroatoms. The fraction of sp³-hybridized carbons (Fsp3) is 0.263. The highest BCUT2D eigenvalue weighted by molar-refractivity contribution is 6.05. The molecule has 1 atom stereocenters. The molecule has 0 aromatic heterocycles. The minimum atomic E-state index is -0.534. The van der Waals surface area contributed by atoms with Crippen molar-refractivity contribution in [3.63, 3.8) is 0 Å². The fourth-order valence-corrected chi connectivity index (χ4v) is 2.68. The topological polar surface area (TPSA) is 58.6 Å². The molecule has 3 rings (SSSR count). The van der Waals surface area contributed by atoms with Crippen LogP contribution in [0.4, 0.5) is 11.4 Å². The van der Waals surface area contributed by atoms with E-state index < -0.39 is 6.10 Å². The smallest absolute Gasteiger partial charge is 0.267 e. The molecule has 124 valence electrons. The number of carbonyl (C=O) groups excluding carboxylic acids is 2. The molecule has 2 aromatic carbocycles. The van der Waals surface area contributed by atoms with Gasteiger partial charge in [0.05, 0.1) is 5.69 Å². The first-order valence-corrected chi connectivity index (χ1v) is 7.83. The van der Waals surface area contributed by atoms with E-state index in [4.69, 9.17) is 4.74 Å². The molecule has 2 amide bonds. The lowest BCUT2D eigenvalue weighted by molar-refractivity contribution is -0.125. The van der Waals surface area contributed by atoms with Crippen molar-refractivity contribution in [2.24, 2.45) is 0 Å². The highest BCUT2D eigenvalue weighted by Gasteiger charge is 2.29. The Kier molecular flexibility index (Phi) is 4.01. The van der Waals surface area contributed by atoms with Gasteiger partial charge in [-0.1, -0.05) is 6.07 Å². The number of aryl methyl sites for hydroxylation is 2. The molecule has 24 heavy (non-hydrogen) atoms. The van der Waals surface area contributed by atoms with Crippen molar-refractivity contribution in [1.82, 2.24) is 0 Å². The van der Waals surface area contributed by atoms with Crippen molar-refractivity contribution in [3.05, 3.63) is 53.1 Å². The quantitative estimate of drug-likeness (QED) is 0.922. The summed E-state index contributed by atoms with van der Waals surface area (Å²) in [5, 5.41) is 2.87. The maximum absolute atomic E-state index is 12.4. The number of nitrogens with one attached hydrogen (secondary N) is 1. The summed E-state index contributed by atoms with van der Waals surface area (Å²) in [7, 11) is 1.72. The second-order valence-electron chi connectivity index (χ2n) is 6.09. The maximum Gasteiger partial charge on any atom is 0.267 e. The number of likely N-dealkylation sites (N-methyl/N-ethyl adjacent to an activating group) is 1. The molecule has 1 aliphatic heterocycles. The second-order valence-corrected chi connectivity index (χ2v) is 6.09. The Hall–Kier alpha value is -2.82. The van der Waals surface area contributed by atoms with Gasteiger partial charge in [-0.15, -0.1) is 0 Å². The van der Waals surface area contributed by atoms with E-state index >= 15 is 0 Å². The number of ether oxygens (including phenoxy) is 1. The molecule has 0 fully saturated rings. The highest BCUT2D eigenvalue weighted by Crippen LogP contribution is 2.35. The molecule has 0 saturated carbocycles. The van der Waals surface area contributed by atoms with Crippen LogP contribution in [0, 0.1) is 13.8 Å². The largest absolute Gasteiger partial charge is 0.479 e. The van der Waals surface area contributed by atoms with Gasteiger partial charge in [0.15, 0.2) is 6.10 Å². The molecule has 1 N–H and O–H groups in total. The number of benzene rings is 2. The third kappa shape index (κ3) is 2.85. The molecule has 5 nitrogen and oxygen atoms in total. The number of carbonyl (C=O) groups is 2. The summed E-state index contributed by atoms with van der Waals surface area (Å²) in [4.78, 5) is 25.9. The van der Waals surface area contributed by atoms with E-state index in [9.17, 15) is 9.59 Å². The van der Waals surface area contributed by atoms with Crippen molar-refractivity contribution in [3.8, 4) is 5.75 Å². The molecule has 2 aromatic rings. The van der Waals surface area contributed by atoms with Crippen LogP contribution >= 0.6 is 0 Å². The average molecular weight is 324 g/mol. The number of anilines is 2. The molecule has 0 aliphatic carbocycles. The first-order chi connectivity index (χ1) is 11.4. The van der Waals surface area contributed by atoms with Gasteiger partial charge in [0.25, 0.3) is 11.8 Å². The second kappa shape index (κ2) is 6.00. The summed E-state index contributed by atoms with van der Waals surface area (Å²) < 4.78 is 5.63. The van der Waals surface area contributed by atoms with Crippen LogP contribution in [0.3, 0.4) is 0 Å². The molecule has 1 heterocycles. The van der Waals surface area contributed by atoms with Gasteiger partial charge in [-0.25, -0.2) is 0 Å². The predicted molar refractivity (Wildman–Crippen MR) is 93.8 cm³/mol. The van der Waals surface area contributed by atoms with E-state index in [-0.39, 0.29) is 11.8 Å². The summed E-state index contributed by atoms with van der Waals surface area (Å²) in [5.41, 5.74) is 4.16. The minimum Gasteiger partial charge on any atom is -0.479 e. The summed E-state index contributed by atoms with van der Waals surface area (Å²) >= 11 is 0. The Balaban J connectivity index is 1.84.